The van der Waals surface area contributed by atoms with Crippen LogP contribution in [0.5, 0.6) is 0 Å². The smallest absolute Gasteiger partial charge is 0.343 e. The van der Waals surface area contributed by atoms with Crippen LogP contribution >= 0.6 is 11.3 Å². The molecule has 88 valence electrons. The van der Waals surface area contributed by atoms with Crippen molar-refractivity contribution >= 4 is 34.5 Å². The number of benzene rings is 1. The lowest BCUT2D eigenvalue weighted by atomic mass is 10.2. The Bertz CT molecular complexity index is 752. The van der Waals surface area contributed by atoms with Crippen LogP contribution < -0.4 is 5.63 Å². The van der Waals surface area contributed by atoms with Gasteiger partial charge in [-0.2, -0.15) is 0 Å². The Balaban J connectivity index is 2.07. The molecule has 1 aromatic carbocycles. The van der Waals surface area contributed by atoms with Crippen molar-refractivity contribution in [2.45, 2.75) is 0 Å². The zero-order valence-electron chi connectivity index (χ0n) is 9.50. The van der Waals surface area contributed by atoms with Gasteiger partial charge >= 0.3 is 5.63 Å². The molecule has 0 atom stereocenters. The first kappa shape index (κ1) is 11.0. The van der Waals surface area contributed by atoms with Gasteiger partial charge in [0, 0.05) is 10.3 Å². The summed E-state index contributed by atoms with van der Waals surface area (Å²) in [6.45, 7) is 0. The van der Waals surface area contributed by atoms with E-state index >= 15 is 0 Å². The fraction of sp³-hybridized carbons (Fsp3) is 0. The Morgan fingerprint density at radius 1 is 1.06 bits per heavy atom. The molecule has 2 nitrogen and oxygen atoms in total. The predicted octanol–water partition coefficient (Wildman–Crippen LogP) is 4.02. The molecule has 0 aliphatic rings. The van der Waals surface area contributed by atoms with Gasteiger partial charge in [-0.1, -0.05) is 24.3 Å². The topological polar surface area (TPSA) is 30.2 Å². The Kier molecular flexibility index (Phi) is 2.82. The number of para-hydroxylation sites is 1. The van der Waals surface area contributed by atoms with Gasteiger partial charge in [0.05, 0.1) is 5.56 Å². The summed E-state index contributed by atoms with van der Waals surface area (Å²) < 4.78 is 5.26. The first-order valence-corrected chi connectivity index (χ1v) is 6.45. The lowest BCUT2D eigenvalue weighted by Gasteiger charge is -1.97. The molecule has 0 N–H and O–H groups in total. The minimum absolute atomic E-state index is 0.304. The molecule has 0 aliphatic heterocycles. The zero-order chi connectivity index (χ0) is 12.4. The Labute approximate surface area is 108 Å². The fourth-order valence-electron chi connectivity index (χ4n) is 1.75. The normalized spacial score (nSPS) is 11.3. The van der Waals surface area contributed by atoms with Crippen molar-refractivity contribution in [3.05, 3.63) is 68.7 Å². The van der Waals surface area contributed by atoms with Crippen LogP contribution in [0, 0.1) is 0 Å². The van der Waals surface area contributed by atoms with E-state index in [1.807, 2.05) is 47.9 Å². The molecule has 0 aliphatic carbocycles. The van der Waals surface area contributed by atoms with Crippen molar-refractivity contribution in [2.75, 3.05) is 0 Å². The van der Waals surface area contributed by atoms with Gasteiger partial charge in [-0.05, 0) is 35.7 Å². The molecular weight excluding hydrogens is 244 g/mol. The first-order chi connectivity index (χ1) is 8.83. The summed E-state index contributed by atoms with van der Waals surface area (Å²) in [6.07, 6.45) is 3.72. The van der Waals surface area contributed by atoms with E-state index in [0.29, 0.717) is 11.1 Å². The van der Waals surface area contributed by atoms with Crippen molar-refractivity contribution in [1.82, 2.24) is 0 Å². The summed E-state index contributed by atoms with van der Waals surface area (Å²) in [5.74, 6) is 0. The van der Waals surface area contributed by atoms with Crippen molar-refractivity contribution in [3.63, 3.8) is 0 Å². The molecule has 18 heavy (non-hydrogen) atoms. The molecule has 2 heterocycles. The quantitative estimate of drug-likeness (QED) is 0.646. The summed E-state index contributed by atoms with van der Waals surface area (Å²) in [4.78, 5) is 12.9. The minimum Gasteiger partial charge on any atom is -0.422 e. The number of thiophene rings is 1. The van der Waals surface area contributed by atoms with Gasteiger partial charge in [0.25, 0.3) is 0 Å². The second-order valence-corrected chi connectivity index (χ2v) is 4.86. The van der Waals surface area contributed by atoms with Crippen LogP contribution in [0.15, 0.2) is 57.1 Å². The van der Waals surface area contributed by atoms with Crippen molar-refractivity contribution < 1.29 is 4.42 Å². The van der Waals surface area contributed by atoms with Gasteiger partial charge in [0.2, 0.25) is 0 Å². The minimum atomic E-state index is -0.304. The molecule has 3 rings (SSSR count). The summed E-state index contributed by atoms with van der Waals surface area (Å²) in [5.41, 5.74) is 0.888. The van der Waals surface area contributed by atoms with Gasteiger partial charge in [-0.15, -0.1) is 11.3 Å². The highest BCUT2D eigenvalue weighted by molar-refractivity contribution is 7.10. The molecule has 0 fully saturated rings. The van der Waals surface area contributed by atoms with E-state index in [1.165, 1.54) is 0 Å². The van der Waals surface area contributed by atoms with Crippen molar-refractivity contribution in [2.24, 2.45) is 0 Å². The van der Waals surface area contributed by atoms with E-state index < -0.39 is 0 Å². The van der Waals surface area contributed by atoms with Gasteiger partial charge in [0.1, 0.15) is 5.58 Å². The molecule has 2 aromatic heterocycles. The van der Waals surface area contributed by atoms with Gasteiger partial charge in [-0.3, -0.25) is 0 Å². The van der Waals surface area contributed by atoms with Crippen LogP contribution in [-0.4, -0.2) is 0 Å². The second-order valence-electron chi connectivity index (χ2n) is 3.88. The highest BCUT2D eigenvalue weighted by Gasteiger charge is 2.01. The lowest BCUT2D eigenvalue weighted by molar-refractivity contribution is 0.559. The molecule has 0 unspecified atom stereocenters. The monoisotopic (exact) mass is 254 g/mol. The maximum Gasteiger partial charge on any atom is 0.343 e. The van der Waals surface area contributed by atoms with Crippen molar-refractivity contribution in [3.8, 4) is 0 Å². The average molecular weight is 254 g/mol. The fourth-order valence-corrected chi connectivity index (χ4v) is 2.37. The largest absolute Gasteiger partial charge is 0.422 e. The maximum absolute atomic E-state index is 11.8. The highest BCUT2D eigenvalue weighted by atomic mass is 32.1. The number of fused-ring (bicyclic) bond motifs is 1. The van der Waals surface area contributed by atoms with Crippen LogP contribution in [0.4, 0.5) is 0 Å². The Hall–Kier alpha value is -2.13. The molecule has 0 bridgehead atoms. The molecule has 0 spiro atoms. The van der Waals surface area contributed by atoms with Crippen LogP contribution in [0.2, 0.25) is 0 Å². The van der Waals surface area contributed by atoms with Crippen LogP contribution in [0.3, 0.4) is 0 Å². The Morgan fingerprint density at radius 2 is 1.94 bits per heavy atom. The van der Waals surface area contributed by atoms with Gasteiger partial charge in [0.15, 0.2) is 0 Å². The van der Waals surface area contributed by atoms with E-state index in [4.69, 9.17) is 4.42 Å². The van der Waals surface area contributed by atoms with Gasteiger partial charge < -0.3 is 4.42 Å². The van der Waals surface area contributed by atoms with Crippen LogP contribution in [-0.2, 0) is 0 Å². The first-order valence-electron chi connectivity index (χ1n) is 5.57. The second kappa shape index (κ2) is 4.63. The standard InChI is InChI=1S/C15H10O2S/c16-15-12(7-8-13-5-3-9-18-13)10-11-4-1-2-6-14(11)17-15/h1-10H/b8-7+. The highest BCUT2D eigenvalue weighted by Crippen LogP contribution is 2.15. The Morgan fingerprint density at radius 3 is 2.78 bits per heavy atom. The summed E-state index contributed by atoms with van der Waals surface area (Å²) in [5, 5.41) is 2.94. The maximum atomic E-state index is 11.8. The van der Waals surface area contributed by atoms with E-state index in [-0.39, 0.29) is 5.63 Å². The number of hydrogen-bond acceptors (Lipinski definition) is 3. The summed E-state index contributed by atoms with van der Waals surface area (Å²) in [7, 11) is 0. The third-order valence-electron chi connectivity index (χ3n) is 2.64. The third kappa shape index (κ3) is 2.13. The molecule has 3 aromatic rings. The molecule has 0 saturated carbocycles. The summed E-state index contributed by atoms with van der Waals surface area (Å²) >= 11 is 1.63. The number of hydrogen-bond donors (Lipinski definition) is 0. The average Bonchev–Trinajstić information content (AvgIpc) is 2.89. The van der Waals surface area contributed by atoms with E-state index in [1.54, 1.807) is 23.5 Å². The van der Waals surface area contributed by atoms with Crippen LogP contribution in [0.1, 0.15) is 10.4 Å². The van der Waals surface area contributed by atoms with E-state index in [2.05, 4.69) is 0 Å². The van der Waals surface area contributed by atoms with E-state index in [9.17, 15) is 4.79 Å². The van der Waals surface area contributed by atoms with Crippen LogP contribution in [0.25, 0.3) is 23.1 Å². The molecule has 0 saturated heterocycles. The third-order valence-corrected chi connectivity index (χ3v) is 3.48. The zero-order valence-corrected chi connectivity index (χ0v) is 10.3. The van der Waals surface area contributed by atoms with Gasteiger partial charge in [-0.25, -0.2) is 4.79 Å². The SMILES string of the molecule is O=c1oc2ccccc2cc1/C=C/c1cccs1. The van der Waals surface area contributed by atoms with Crippen molar-refractivity contribution in [1.29, 1.82) is 0 Å². The summed E-state index contributed by atoms with van der Waals surface area (Å²) in [6, 6.07) is 13.3. The number of rotatable bonds is 2. The molecule has 3 heteroatoms. The molecule has 0 amide bonds. The predicted molar refractivity (Wildman–Crippen MR) is 75.7 cm³/mol. The van der Waals surface area contributed by atoms with E-state index in [0.717, 1.165) is 10.3 Å². The lowest BCUT2D eigenvalue weighted by Crippen LogP contribution is -2.01. The molecular formula is C15H10O2S. The molecule has 0 radical (unpaired) electrons.